The van der Waals surface area contributed by atoms with Gasteiger partial charge in [0, 0.05) is 51.4 Å². The summed E-state index contributed by atoms with van der Waals surface area (Å²) in [5.74, 6) is -0.344. The van der Waals surface area contributed by atoms with Crippen LogP contribution in [-0.4, -0.2) is 27.8 Å². The highest BCUT2D eigenvalue weighted by Crippen LogP contribution is 2.32. The first-order chi connectivity index (χ1) is 25.6. The summed E-state index contributed by atoms with van der Waals surface area (Å²) in [6, 6.07) is 43.4. The Hall–Kier alpha value is -5.48. The molecule has 52 heavy (non-hydrogen) atoms. The van der Waals surface area contributed by atoms with Gasteiger partial charge >= 0.3 is 0 Å². The van der Waals surface area contributed by atoms with Crippen LogP contribution in [0.3, 0.4) is 0 Å². The van der Waals surface area contributed by atoms with Gasteiger partial charge in [-0.2, -0.15) is 0 Å². The summed E-state index contributed by atoms with van der Waals surface area (Å²) in [7, 11) is 0. The predicted octanol–water partition coefficient (Wildman–Crippen LogP) is 10.5. The monoisotopic (exact) mass is 680 g/mol. The van der Waals surface area contributed by atoms with Gasteiger partial charge in [0.15, 0.2) is 0 Å². The minimum atomic E-state index is -0.172. The number of para-hydroxylation sites is 2. The highest BCUT2D eigenvalue weighted by Gasteiger charge is 2.32. The number of aryl methyl sites for hydroxylation is 7. The van der Waals surface area contributed by atoms with Crippen LogP contribution in [-0.2, 0) is 45.1 Å². The van der Waals surface area contributed by atoms with Crippen LogP contribution in [0.1, 0.15) is 79.8 Å². The molecule has 6 aromatic carbocycles. The molecule has 258 valence electrons. The summed E-state index contributed by atoms with van der Waals surface area (Å²) >= 11 is 0. The maximum atomic E-state index is 13.5. The summed E-state index contributed by atoms with van der Waals surface area (Å²) < 4.78 is 2.52. The van der Waals surface area contributed by atoms with Gasteiger partial charge in [0.1, 0.15) is 0 Å². The van der Waals surface area contributed by atoms with E-state index in [9.17, 15) is 9.59 Å². The van der Waals surface area contributed by atoms with Gasteiger partial charge in [0.25, 0.3) is 11.8 Å². The van der Waals surface area contributed by atoms with E-state index < -0.39 is 0 Å². The highest BCUT2D eigenvalue weighted by atomic mass is 16.2. The molecule has 4 heteroatoms. The van der Waals surface area contributed by atoms with Crippen molar-refractivity contribution in [3.05, 3.63) is 166 Å². The van der Waals surface area contributed by atoms with Crippen molar-refractivity contribution in [1.29, 1.82) is 0 Å². The van der Waals surface area contributed by atoms with Gasteiger partial charge in [-0.15, -0.1) is 0 Å². The maximum absolute atomic E-state index is 13.5. The van der Waals surface area contributed by atoms with Crippen molar-refractivity contribution in [3.8, 4) is 0 Å². The van der Waals surface area contributed by atoms with E-state index in [1.165, 1.54) is 60.1 Å². The van der Waals surface area contributed by atoms with Gasteiger partial charge in [0.2, 0.25) is 0 Å². The van der Waals surface area contributed by atoms with Crippen molar-refractivity contribution >= 4 is 44.4 Å². The largest absolute Gasteiger partial charge is 0.340 e. The van der Waals surface area contributed by atoms with Crippen molar-refractivity contribution in [1.82, 2.24) is 9.47 Å². The number of fused-ring (bicyclic) bond motifs is 3. The van der Waals surface area contributed by atoms with Crippen LogP contribution in [0.5, 0.6) is 0 Å². The molecule has 0 saturated carbocycles. The summed E-state index contributed by atoms with van der Waals surface area (Å²) in [6.07, 6.45) is 10.2. The van der Waals surface area contributed by atoms with Gasteiger partial charge in [0.05, 0.1) is 0 Å². The molecule has 2 amide bonds. The second-order valence-corrected chi connectivity index (χ2v) is 14.8. The van der Waals surface area contributed by atoms with E-state index in [4.69, 9.17) is 0 Å². The van der Waals surface area contributed by atoms with E-state index in [1.807, 2.05) is 36.4 Å². The number of amides is 2. The van der Waals surface area contributed by atoms with Crippen LogP contribution in [0.2, 0.25) is 0 Å². The van der Waals surface area contributed by atoms with E-state index in [2.05, 4.69) is 89.5 Å². The standard InChI is InChI=1S/C48H44N2O2/c51-47-42-21-7-15-37-16-8-22-43(46(37)42)48(52)50(47)30-10-18-39-32-34-12-5-11-33-25-27-35(13-6-14-36(39)28-26-34)38(31-33)17-9-29-49-44-23-3-1-19-40(44)41-20-2-4-24-45(41)49/h1-4,7-8,15-16,19-28,31-32H,5-6,9-14,17-18,29-30H2. The molecule has 5 aliphatic rings. The minimum absolute atomic E-state index is 0.172. The Morgan fingerprint density at radius 2 is 1.02 bits per heavy atom. The molecule has 12 rings (SSSR count). The van der Waals surface area contributed by atoms with Crippen LogP contribution in [0.25, 0.3) is 32.6 Å². The lowest BCUT2D eigenvalue weighted by Crippen LogP contribution is -2.41. The van der Waals surface area contributed by atoms with E-state index in [1.54, 1.807) is 0 Å². The topological polar surface area (TPSA) is 42.3 Å². The molecular formula is C48H44N2O2. The molecule has 0 saturated heterocycles. The van der Waals surface area contributed by atoms with Crippen molar-refractivity contribution in [3.63, 3.8) is 0 Å². The number of rotatable bonds is 8. The first-order valence-electron chi connectivity index (χ1n) is 19.2. The number of benzene rings is 6. The van der Waals surface area contributed by atoms with Crippen molar-refractivity contribution in [2.45, 2.75) is 70.8 Å². The lowest BCUT2D eigenvalue weighted by molar-refractivity contribution is 0.0609. The third-order valence-electron chi connectivity index (χ3n) is 11.6. The normalized spacial score (nSPS) is 14.6. The van der Waals surface area contributed by atoms with Crippen LogP contribution in [0.15, 0.2) is 121 Å². The molecule has 7 aromatic rings. The molecule has 0 fully saturated rings. The molecule has 0 radical (unpaired) electrons. The second kappa shape index (κ2) is 13.9. The molecule has 1 aromatic heterocycles. The Bertz CT molecular complexity index is 2380. The predicted molar refractivity (Wildman–Crippen MR) is 212 cm³/mol. The molecular weight excluding hydrogens is 637 g/mol. The number of imide groups is 1. The Morgan fingerprint density at radius 1 is 0.500 bits per heavy atom. The van der Waals surface area contributed by atoms with Crippen LogP contribution < -0.4 is 0 Å². The smallest absolute Gasteiger partial charge is 0.261 e. The number of hydrogen-bond donors (Lipinski definition) is 0. The fourth-order valence-corrected chi connectivity index (χ4v) is 8.97. The summed E-state index contributed by atoms with van der Waals surface area (Å²) in [5.41, 5.74) is 12.5. The van der Waals surface area contributed by atoms with Crippen molar-refractivity contribution in [2.24, 2.45) is 0 Å². The van der Waals surface area contributed by atoms with E-state index in [0.29, 0.717) is 17.7 Å². The molecule has 4 bridgehead atoms. The fourth-order valence-electron chi connectivity index (χ4n) is 8.97. The van der Waals surface area contributed by atoms with Gasteiger partial charge in [-0.05, 0) is 127 Å². The average Bonchev–Trinajstić information content (AvgIpc) is 3.50. The summed E-state index contributed by atoms with van der Waals surface area (Å²) in [6.45, 7) is 1.43. The van der Waals surface area contributed by atoms with Crippen LogP contribution in [0, 0.1) is 0 Å². The van der Waals surface area contributed by atoms with Crippen LogP contribution in [0.4, 0.5) is 0 Å². The first-order valence-corrected chi connectivity index (χ1v) is 19.2. The Kier molecular flexibility index (Phi) is 8.68. The number of carbonyl (C=O) groups excluding carboxylic acids is 2. The lowest BCUT2D eigenvalue weighted by Gasteiger charge is -2.27. The molecule has 4 aliphatic carbocycles. The zero-order valence-electron chi connectivity index (χ0n) is 29.7. The summed E-state index contributed by atoms with van der Waals surface area (Å²) in [4.78, 5) is 28.5. The molecule has 0 atom stereocenters. The average molecular weight is 681 g/mol. The molecule has 0 N–H and O–H groups in total. The molecule has 4 nitrogen and oxygen atoms in total. The third-order valence-corrected chi connectivity index (χ3v) is 11.6. The lowest BCUT2D eigenvalue weighted by atomic mass is 9.90. The maximum Gasteiger partial charge on any atom is 0.261 e. The van der Waals surface area contributed by atoms with Gasteiger partial charge in [-0.1, -0.05) is 97.1 Å². The Labute approximate surface area is 305 Å². The second-order valence-electron chi connectivity index (χ2n) is 14.8. The Morgan fingerprint density at radius 3 is 1.60 bits per heavy atom. The first kappa shape index (κ1) is 32.4. The molecule has 0 spiro atoms. The SMILES string of the molecule is O=C1c2cccc3cccc(c23)C(=O)N1CCCc1cc2ccc1CCCc1ccc(cc1CCCn1c3ccccc3c3ccccc31)CCC2. The molecule has 0 unspecified atom stereocenters. The fraction of sp³-hybridized carbons (Fsp3) is 0.250. The van der Waals surface area contributed by atoms with Gasteiger partial charge in [-0.25, -0.2) is 0 Å². The number of nitrogens with zero attached hydrogens (tertiary/aromatic N) is 2. The zero-order chi connectivity index (χ0) is 35.0. The van der Waals surface area contributed by atoms with Crippen molar-refractivity contribution < 1.29 is 9.59 Å². The van der Waals surface area contributed by atoms with E-state index in [0.717, 1.165) is 81.5 Å². The molecule has 2 heterocycles. The number of hydrogen-bond acceptors (Lipinski definition) is 2. The minimum Gasteiger partial charge on any atom is -0.340 e. The van der Waals surface area contributed by atoms with Gasteiger partial charge in [-0.3, -0.25) is 14.5 Å². The molecule has 1 aliphatic heterocycles. The quantitative estimate of drug-likeness (QED) is 0.150. The van der Waals surface area contributed by atoms with Crippen molar-refractivity contribution in [2.75, 3.05) is 6.54 Å². The number of carbonyl (C=O) groups is 2. The van der Waals surface area contributed by atoms with E-state index in [-0.39, 0.29) is 11.8 Å². The summed E-state index contributed by atoms with van der Waals surface area (Å²) in [5, 5.41) is 4.41. The van der Waals surface area contributed by atoms with E-state index >= 15 is 0 Å². The zero-order valence-corrected chi connectivity index (χ0v) is 29.7. The third kappa shape index (κ3) is 6.00. The van der Waals surface area contributed by atoms with Crippen LogP contribution >= 0.6 is 0 Å². The van der Waals surface area contributed by atoms with Gasteiger partial charge < -0.3 is 4.57 Å². The number of aromatic nitrogens is 1. The highest BCUT2D eigenvalue weighted by molar-refractivity contribution is 6.25. The Balaban J connectivity index is 0.887.